The number of nitrogens with two attached hydrogens (primary N) is 1. The van der Waals surface area contributed by atoms with Gasteiger partial charge < -0.3 is 11.1 Å². The van der Waals surface area contributed by atoms with Crippen LogP contribution >= 0.6 is 0 Å². The van der Waals surface area contributed by atoms with Crippen LogP contribution < -0.4 is 11.1 Å². The highest BCUT2D eigenvalue weighted by atomic mass is 16.2. The Morgan fingerprint density at radius 1 is 1.27 bits per heavy atom. The monoisotopic (exact) mass is 303 g/mol. The molecule has 1 aliphatic heterocycles. The molecule has 0 aliphatic carbocycles. The van der Waals surface area contributed by atoms with Crippen LogP contribution in [0.2, 0.25) is 0 Å². The molecule has 0 bridgehead atoms. The van der Waals surface area contributed by atoms with Crippen molar-refractivity contribution in [2.45, 2.75) is 44.7 Å². The number of hydrogen-bond donors (Lipinski definition) is 2. The van der Waals surface area contributed by atoms with E-state index in [1.165, 1.54) is 5.56 Å². The number of carbonyl (C=O) groups is 2. The topological polar surface area (TPSA) is 75.4 Å². The number of carbonyl (C=O) groups excluding carboxylic acids is 2. The maximum absolute atomic E-state index is 12.0. The third kappa shape index (κ3) is 4.84. The van der Waals surface area contributed by atoms with Crippen molar-refractivity contribution in [1.82, 2.24) is 10.2 Å². The van der Waals surface area contributed by atoms with Crippen LogP contribution in [0.5, 0.6) is 0 Å². The SMILES string of the molecule is C[C@@H](C(N)=O)N1CCC(NC(=O)CCc2ccccc2)CC1. The summed E-state index contributed by atoms with van der Waals surface area (Å²) in [5, 5.41) is 3.10. The molecule has 3 N–H and O–H groups in total. The van der Waals surface area contributed by atoms with Gasteiger partial charge in [0.2, 0.25) is 11.8 Å². The van der Waals surface area contributed by atoms with E-state index in [1.54, 1.807) is 0 Å². The highest BCUT2D eigenvalue weighted by Gasteiger charge is 2.25. The molecule has 0 radical (unpaired) electrons. The van der Waals surface area contributed by atoms with Crippen LogP contribution in [0.4, 0.5) is 0 Å². The van der Waals surface area contributed by atoms with E-state index in [9.17, 15) is 9.59 Å². The van der Waals surface area contributed by atoms with Crippen molar-refractivity contribution in [3.63, 3.8) is 0 Å². The molecule has 1 fully saturated rings. The van der Waals surface area contributed by atoms with E-state index in [2.05, 4.69) is 10.2 Å². The number of aryl methyl sites for hydroxylation is 1. The zero-order valence-corrected chi connectivity index (χ0v) is 13.1. The van der Waals surface area contributed by atoms with Gasteiger partial charge in [0.05, 0.1) is 6.04 Å². The molecule has 120 valence electrons. The van der Waals surface area contributed by atoms with E-state index >= 15 is 0 Å². The Morgan fingerprint density at radius 3 is 2.50 bits per heavy atom. The normalized spacial score (nSPS) is 17.9. The summed E-state index contributed by atoms with van der Waals surface area (Å²) in [6.45, 7) is 3.43. The Hall–Kier alpha value is -1.88. The van der Waals surface area contributed by atoms with Crippen molar-refractivity contribution < 1.29 is 9.59 Å². The van der Waals surface area contributed by atoms with Gasteiger partial charge in [0, 0.05) is 25.6 Å². The van der Waals surface area contributed by atoms with Gasteiger partial charge in [-0.3, -0.25) is 14.5 Å². The second-order valence-electron chi connectivity index (χ2n) is 5.94. The van der Waals surface area contributed by atoms with Crippen LogP contribution in [0.3, 0.4) is 0 Å². The van der Waals surface area contributed by atoms with Crippen LogP contribution in [0.1, 0.15) is 31.7 Å². The number of nitrogens with zero attached hydrogens (tertiary/aromatic N) is 1. The molecular formula is C17H25N3O2. The number of likely N-dealkylation sites (tertiary alicyclic amines) is 1. The molecule has 0 spiro atoms. The number of benzene rings is 1. The summed E-state index contributed by atoms with van der Waals surface area (Å²) < 4.78 is 0. The molecule has 0 unspecified atom stereocenters. The minimum Gasteiger partial charge on any atom is -0.368 e. The van der Waals surface area contributed by atoms with Crippen molar-refractivity contribution in [3.8, 4) is 0 Å². The fourth-order valence-corrected chi connectivity index (χ4v) is 2.81. The molecule has 5 nitrogen and oxygen atoms in total. The smallest absolute Gasteiger partial charge is 0.234 e. The van der Waals surface area contributed by atoms with Crippen LogP contribution in [-0.4, -0.2) is 41.9 Å². The molecule has 1 aromatic carbocycles. The quantitative estimate of drug-likeness (QED) is 0.825. The van der Waals surface area contributed by atoms with Crippen molar-refractivity contribution in [1.29, 1.82) is 0 Å². The lowest BCUT2D eigenvalue weighted by Gasteiger charge is -2.34. The Balaban J connectivity index is 1.69. The van der Waals surface area contributed by atoms with Crippen LogP contribution in [0.15, 0.2) is 30.3 Å². The second-order valence-corrected chi connectivity index (χ2v) is 5.94. The second kappa shape index (κ2) is 7.94. The Bertz CT molecular complexity index is 496. The summed E-state index contributed by atoms with van der Waals surface area (Å²) in [4.78, 5) is 25.3. The molecule has 1 aliphatic rings. The van der Waals surface area contributed by atoms with Crippen LogP contribution in [-0.2, 0) is 16.0 Å². The lowest BCUT2D eigenvalue weighted by molar-refractivity contribution is -0.124. The van der Waals surface area contributed by atoms with Gasteiger partial charge in [-0.15, -0.1) is 0 Å². The van der Waals surface area contributed by atoms with Gasteiger partial charge in [0.1, 0.15) is 0 Å². The van der Waals surface area contributed by atoms with Gasteiger partial charge in [-0.05, 0) is 31.7 Å². The predicted molar refractivity (Wildman–Crippen MR) is 86.2 cm³/mol. The van der Waals surface area contributed by atoms with Crippen LogP contribution in [0.25, 0.3) is 0 Å². The summed E-state index contributed by atoms with van der Waals surface area (Å²) >= 11 is 0. The molecule has 1 aromatic rings. The summed E-state index contributed by atoms with van der Waals surface area (Å²) in [5.74, 6) is -0.185. The molecule has 1 atom stereocenters. The molecule has 22 heavy (non-hydrogen) atoms. The first-order valence-corrected chi connectivity index (χ1v) is 7.93. The Morgan fingerprint density at radius 2 is 1.91 bits per heavy atom. The van der Waals surface area contributed by atoms with Gasteiger partial charge >= 0.3 is 0 Å². The van der Waals surface area contributed by atoms with E-state index in [1.807, 2.05) is 37.3 Å². The lowest BCUT2D eigenvalue weighted by atomic mass is 10.0. The first-order valence-electron chi connectivity index (χ1n) is 7.93. The Kier molecular flexibility index (Phi) is 5.95. The maximum Gasteiger partial charge on any atom is 0.234 e. The van der Waals surface area contributed by atoms with Gasteiger partial charge in [-0.2, -0.15) is 0 Å². The van der Waals surface area contributed by atoms with Crippen molar-refractivity contribution in [2.24, 2.45) is 5.73 Å². The van der Waals surface area contributed by atoms with Gasteiger partial charge in [0.25, 0.3) is 0 Å². The molecule has 2 amide bonds. The van der Waals surface area contributed by atoms with Gasteiger partial charge in [-0.1, -0.05) is 30.3 Å². The summed E-state index contributed by atoms with van der Waals surface area (Å²) in [5.41, 5.74) is 6.51. The molecule has 1 heterocycles. The average Bonchev–Trinajstić information content (AvgIpc) is 2.54. The van der Waals surface area contributed by atoms with E-state index in [4.69, 9.17) is 5.73 Å². The molecular weight excluding hydrogens is 278 g/mol. The first-order chi connectivity index (χ1) is 10.6. The number of piperidine rings is 1. The van der Waals surface area contributed by atoms with Crippen LogP contribution in [0, 0.1) is 0 Å². The number of nitrogens with one attached hydrogen (secondary N) is 1. The largest absolute Gasteiger partial charge is 0.368 e. The highest BCUT2D eigenvalue weighted by molar-refractivity contribution is 5.79. The fourth-order valence-electron chi connectivity index (χ4n) is 2.81. The standard InChI is InChI=1S/C17H25N3O2/c1-13(17(18)22)20-11-9-15(10-12-20)19-16(21)8-7-14-5-3-2-4-6-14/h2-6,13,15H,7-12H2,1H3,(H2,18,22)(H,19,21)/t13-/m0/s1. The zero-order chi connectivity index (χ0) is 15.9. The van der Waals surface area contributed by atoms with E-state index < -0.39 is 0 Å². The number of hydrogen-bond acceptors (Lipinski definition) is 3. The van der Waals surface area contributed by atoms with E-state index in [0.29, 0.717) is 6.42 Å². The molecule has 2 rings (SSSR count). The number of primary amides is 1. The molecule has 0 aromatic heterocycles. The third-order valence-electron chi connectivity index (χ3n) is 4.34. The molecule has 1 saturated heterocycles. The fraction of sp³-hybridized carbons (Fsp3) is 0.529. The predicted octanol–water partition coefficient (Wildman–Crippen LogP) is 1.07. The minimum atomic E-state index is -0.287. The van der Waals surface area contributed by atoms with E-state index in [-0.39, 0.29) is 23.9 Å². The summed E-state index contributed by atoms with van der Waals surface area (Å²) in [6, 6.07) is 10.0. The summed E-state index contributed by atoms with van der Waals surface area (Å²) in [6.07, 6.45) is 3.02. The highest BCUT2D eigenvalue weighted by Crippen LogP contribution is 2.13. The van der Waals surface area contributed by atoms with Gasteiger partial charge in [-0.25, -0.2) is 0 Å². The number of rotatable bonds is 6. The summed E-state index contributed by atoms with van der Waals surface area (Å²) in [7, 11) is 0. The first kappa shape index (κ1) is 16.5. The molecule has 0 saturated carbocycles. The van der Waals surface area contributed by atoms with Crippen molar-refractivity contribution in [3.05, 3.63) is 35.9 Å². The maximum atomic E-state index is 12.0. The molecule has 5 heteroatoms. The van der Waals surface area contributed by atoms with E-state index in [0.717, 1.165) is 32.4 Å². The zero-order valence-electron chi connectivity index (χ0n) is 13.1. The lowest BCUT2D eigenvalue weighted by Crippen LogP contribution is -2.50. The van der Waals surface area contributed by atoms with Gasteiger partial charge in [0.15, 0.2) is 0 Å². The number of amides is 2. The third-order valence-corrected chi connectivity index (χ3v) is 4.34. The Labute approximate surface area is 131 Å². The van der Waals surface area contributed by atoms with Crippen molar-refractivity contribution in [2.75, 3.05) is 13.1 Å². The minimum absolute atomic E-state index is 0.102. The van der Waals surface area contributed by atoms with Crippen molar-refractivity contribution >= 4 is 11.8 Å². The average molecular weight is 303 g/mol.